The SMILES string of the molecule is CC(C)(c1cc(Br)c(OC(=O)Cl)c(Br)c1)c1cc(Br)c(OC(=O)Cl)c(Br)c1. The highest BCUT2D eigenvalue weighted by Crippen LogP contribution is 2.44. The minimum absolute atomic E-state index is 0.293. The van der Waals surface area contributed by atoms with E-state index in [-0.39, 0.29) is 0 Å². The molecule has 0 fully saturated rings. The number of halogens is 6. The fourth-order valence-electron chi connectivity index (χ4n) is 2.36. The van der Waals surface area contributed by atoms with Crippen molar-refractivity contribution in [3.8, 4) is 11.5 Å². The molecule has 2 aromatic carbocycles. The van der Waals surface area contributed by atoms with Crippen LogP contribution in [0.1, 0.15) is 25.0 Å². The molecule has 0 aliphatic rings. The van der Waals surface area contributed by atoms with Crippen LogP contribution in [0.5, 0.6) is 11.5 Å². The van der Waals surface area contributed by atoms with E-state index in [0.717, 1.165) is 11.1 Å². The summed E-state index contributed by atoms with van der Waals surface area (Å²) < 4.78 is 12.3. The molecular formula is C17H10Br4Cl2O4. The molecule has 0 saturated heterocycles. The van der Waals surface area contributed by atoms with Crippen molar-refractivity contribution in [2.75, 3.05) is 0 Å². The van der Waals surface area contributed by atoms with Crippen molar-refractivity contribution in [2.45, 2.75) is 19.3 Å². The summed E-state index contributed by atoms with van der Waals surface area (Å²) in [5, 5.41) is 0. The van der Waals surface area contributed by atoms with Gasteiger partial charge in [0.25, 0.3) is 0 Å². The fraction of sp³-hybridized carbons (Fsp3) is 0.176. The zero-order chi connectivity index (χ0) is 20.5. The number of benzene rings is 2. The van der Waals surface area contributed by atoms with E-state index in [1.54, 1.807) is 0 Å². The van der Waals surface area contributed by atoms with Gasteiger partial charge >= 0.3 is 10.9 Å². The maximum absolute atomic E-state index is 11.1. The Morgan fingerprint density at radius 3 is 1.22 bits per heavy atom. The first-order chi connectivity index (χ1) is 12.4. The second-order valence-electron chi connectivity index (χ2n) is 5.84. The molecule has 0 saturated carbocycles. The molecule has 0 radical (unpaired) electrons. The third-order valence-corrected chi connectivity index (χ3v) is 6.32. The Morgan fingerprint density at radius 1 is 0.741 bits per heavy atom. The van der Waals surface area contributed by atoms with Crippen LogP contribution in [0.4, 0.5) is 9.59 Å². The predicted molar refractivity (Wildman–Crippen MR) is 120 cm³/mol. The summed E-state index contributed by atoms with van der Waals surface area (Å²) in [6.45, 7) is 4.05. The van der Waals surface area contributed by atoms with Crippen molar-refractivity contribution >= 4 is 97.8 Å². The van der Waals surface area contributed by atoms with Gasteiger partial charge in [-0.25, -0.2) is 9.59 Å². The number of carbonyl (C=O) groups is 2. The van der Waals surface area contributed by atoms with Crippen LogP contribution in [0.15, 0.2) is 42.2 Å². The summed E-state index contributed by atoms with van der Waals surface area (Å²) in [6, 6.07) is 7.37. The van der Waals surface area contributed by atoms with Gasteiger partial charge in [0.05, 0.1) is 17.9 Å². The molecule has 27 heavy (non-hydrogen) atoms. The Bertz CT molecular complexity index is 812. The Kier molecular flexibility index (Phi) is 7.84. The van der Waals surface area contributed by atoms with E-state index in [1.807, 2.05) is 38.1 Å². The van der Waals surface area contributed by atoms with Gasteiger partial charge in [0.1, 0.15) is 0 Å². The number of rotatable bonds is 4. The van der Waals surface area contributed by atoms with Crippen molar-refractivity contribution in [3.63, 3.8) is 0 Å². The van der Waals surface area contributed by atoms with E-state index in [9.17, 15) is 9.59 Å². The van der Waals surface area contributed by atoms with E-state index in [4.69, 9.17) is 32.7 Å². The molecule has 0 aliphatic heterocycles. The zero-order valence-corrected chi connectivity index (χ0v) is 21.6. The topological polar surface area (TPSA) is 52.6 Å². The smallest absolute Gasteiger partial charge is 0.409 e. The molecule has 2 rings (SSSR count). The lowest BCUT2D eigenvalue weighted by Gasteiger charge is -2.28. The molecule has 0 aliphatic carbocycles. The normalized spacial score (nSPS) is 11.3. The van der Waals surface area contributed by atoms with Crippen LogP contribution in [0.3, 0.4) is 0 Å². The molecular weight excluding hydrogens is 659 g/mol. The average Bonchev–Trinajstić information content (AvgIpc) is 2.53. The monoisotopic (exact) mass is 664 g/mol. The van der Waals surface area contributed by atoms with Gasteiger partial charge in [-0.15, -0.1) is 0 Å². The van der Waals surface area contributed by atoms with Crippen LogP contribution in [0.25, 0.3) is 0 Å². The molecule has 0 bridgehead atoms. The van der Waals surface area contributed by atoms with Crippen molar-refractivity contribution in [1.29, 1.82) is 0 Å². The molecule has 4 nitrogen and oxygen atoms in total. The minimum Gasteiger partial charge on any atom is -0.412 e. The van der Waals surface area contributed by atoms with Crippen LogP contribution in [0, 0.1) is 0 Å². The quantitative estimate of drug-likeness (QED) is 0.307. The summed E-state index contributed by atoms with van der Waals surface area (Å²) in [4.78, 5) is 22.1. The Labute approximate surface area is 199 Å². The number of ether oxygens (including phenoxy) is 2. The van der Waals surface area contributed by atoms with Gasteiger partial charge in [-0.05, 0) is 99.1 Å². The minimum atomic E-state index is -0.930. The lowest BCUT2D eigenvalue weighted by Crippen LogP contribution is -2.19. The highest BCUT2D eigenvalue weighted by molar-refractivity contribution is 9.11. The lowest BCUT2D eigenvalue weighted by atomic mass is 9.78. The van der Waals surface area contributed by atoms with Crippen molar-refractivity contribution in [1.82, 2.24) is 0 Å². The first-order valence-corrected chi connectivity index (χ1v) is 11.1. The summed E-state index contributed by atoms with van der Waals surface area (Å²) in [7, 11) is 0. The van der Waals surface area contributed by atoms with Crippen LogP contribution in [-0.2, 0) is 5.41 Å². The molecule has 0 unspecified atom stereocenters. The second-order valence-corrected chi connectivity index (χ2v) is 9.88. The highest BCUT2D eigenvalue weighted by atomic mass is 79.9. The first-order valence-electron chi connectivity index (χ1n) is 7.17. The maximum Gasteiger partial charge on any atom is 0.409 e. The molecule has 144 valence electrons. The first kappa shape index (κ1) is 23.2. The van der Waals surface area contributed by atoms with Gasteiger partial charge < -0.3 is 9.47 Å². The molecule has 10 heteroatoms. The highest BCUT2D eigenvalue weighted by Gasteiger charge is 2.28. The Balaban J connectivity index is 2.53. The van der Waals surface area contributed by atoms with Crippen LogP contribution in [-0.4, -0.2) is 10.9 Å². The Morgan fingerprint density at radius 2 is 1.00 bits per heavy atom. The molecule has 0 N–H and O–H groups in total. The van der Waals surface area contributed by atoms with Crippen molar-refractivity contribution in [2.24, 2.45) is 0 Å². The molecule has 0 aromatic heterocycles. The molecule has 0 heterocycles. The van der Waals surface area contributed by atoms with Crippen molar-refractivity contribution < 1.29 is 19.1 Å². The standard InChI is InChI=1S/C17H10Br4Cl2O4/c1-17(2,7-3-9(18)13(10(19)4-7)26-15(22)24)8-5-11(20)14(12(21)6-8)27-16(23)25/h3-6H,1-2H3. The van der Waals surface area contributed by atoms with E-state index in [1.165, 1.54) is 0 Å². The maximum atomic E-state index is 11.1. The van der Waals surface area contributed by atoms with E-state index in [2.05, 4.69) is 63.7 Å². The Hall–Kier alpha value is -0.120. The van der Waals surface area contributed by atoms with Crippen LogP contribution in [0.2, 0.25) is 0 Å². The second kappa shape index (κ2) is 9.13. The summed E-state index contributed by atoms with van der Waals surface area (Å²) in [5.41, 5.74) is -0.460. The van der Waals surface area contributed by atoms with Gasteiger partial charge in [0.2, 0.25) is 0 Å². The molecule has 0 amide bonds. The van der Waals surface area contributed by atoms with Gasteiger partial charge in [-0.3, -0.25) is 0 Å². The van der Waals surface area contributed by atoms with Gasteiger partial charge in [-0.1, -0.05) is 13.8 Å². The number of carbonyl (C=O) groups excluding carboxylic acids is 2. The summed E-state index contributed by atoms with van der Waals surface area (Å²) in [5.74, 6) is 0.586. The van der Waals surface area contributed by atoms with E-state index >= 15 is 0 Å². The van der Waals surface area contributed by atoms with Crippen molar-refractivity contribution in [3.05, 3.63) is 53.3 Å². The third-order valence-electron chi connectivity index (χ3n) is 3.80. The van der Waals surface area contributed by atoms with Gasteiger partial charge in [-0.2, -0.15) is 0 Å². The lowest BCUT2D eigenvalue weighted by molar-refractivity contribution is 0.224. The van der Waals surface area contributed by atoms with Gasteiger partial charge in [0.15, 0.2) is 11.5 Å². The zero-order valence-electron chi connectivity index (χ0n) is 13.7. The van der Waals surface area contributed by atoms with Crippen LogP contribution >= 0.6 is 86.9 Å². The predicted octanol–water partition coefficient (Wildman–Crippen LogP) is 8.54. The summed E-state index contributed by atoms with van der Waals surface area (Å²) >= 11 is 24.2. The summed E-state index contributed by atoms with van der Waals surface area (Å²) in [6.07, 6.45) is 0. The fourth-order valence-corrected chi connectivity index (χ4v) is 5.21. The average molecular weight is 669 g/mol. The third kappa shape index (κ3) is 5.48. The van der Waals surface area contributed by atoms with E-state index in [0.29, 0.717) is 29.4 Å². The molecule has 0 atom stereocenters. The van der Waals surface area contributed by atoms with Gasteiger partial charge in [0, 0.05) is 28.6 Å². The van der Waals surface area contributed by atoms with E-state index < -0.39 is 16.3 Å². The number of hydrogen-bond donors (Lipinski definition) is 0. The number of hydrogen-bond acceptors (Lipinski definition) is 4. The van der Waals surface area contributed by atoms with Crippen LogP contribution < -0.4 is 9.47 Å². The largest absolute Gasteiger partial charge is 0.412 e. The molecule has 0 spiro atoms. The molecule has 2 aromatic rings.